The molecule has 1 aromatic carbocycles. The largest absolute Gasteiger partial charge is 0.316 e. The first kappa shape index (κ1) is 13.6. The van der Waals surface area contributed by atoms with Gasteiger partial charge >= 0.3 is 0 Å². The van der Waals surface area contributed by atoms with Crippen molar-refractivity contribution < 1.29 is 0 Å². The van der Waals surface area contributed by atoms with Gasteiger partial charge in [-0.1, -0.05) is 37.6 Å². The topological polar surface area (TPSA) is 15.3 Å². The van der Waals surface area contributed by atoms with Crippen molar-refractivity contribution in [2.45, 2.75) is 45.2 Å². The number of likely N-dealkylation sites (N-methyl/N-ethyl adjacent to an activating group) is 1. The molecule has 1 aliphatic heterocycles. The van der Waals surface area contributed by atoms with Crippen LogP contribution in [0.4, 0.5) is 0 Å². The highest BCUT2D eigenvalue weighted by Crippen LogP contribution is 2.25. The molecule has 0 bridgehead atoms. The molecule has 2 unspecified atom stereocenters. The number of nitrogens with zero attached hydrogens (tertiary/aromatic N) is 1. The van der Waals surface area contributed by atoms with E-state index in [0.717, 1.165) is 0 Å². The van der Waals surface area contributed by atoms with Crippen molar-refractivity contribution >= 4 is 0 Å². The highest BCUT2D eigenvalue weighted by molar-refractivity contribution is 5.25. The fourth-order valence-corrected chi connectivity index (χ4v) is 2.84. The van der Waals surface area contributed by atoms with Crippen LogP contribution in [0.25, 0.3) is 0 Å². The summed E-state index contributed by atoms with van der Waals surface area (Å²) in [7, 11) is 2.07. The summed E-state index contributed by atoms with van der Waals surface area (Å²) in [5.74, 6) is 0. The Hall–Kier alpha value is -0.860. The minimum absolute atomic E-state index is 0.541. The summed E-state index contributed by atoms with van der Waals surface area (Å²) in [6, 6.07) is 10.4. The molecule has 0 saturated carbocycles. The second-order valence-electron chi connectivity index (χ2n) is 5.44. The third kappa shape index (κ3) is 3.12. The molecule has 1 aliphatic rings. The zero-order chi connectivity index (χ0) is 13.0. The average molecular weight is 246 g/mol. The predicted molar refractivity (Wildman–Crippen MR) is 77.9 cm³/mol. The van der Waals surface area contributed by atoms with Crippen molar-refractivity contribution in [1.82, 2.24) is 10.2 Å². The Labute approximate surface area is 111 Å². The molecule has 100 valence electrons. The molecule has 0 aliphatic carbocycles. The van der Waals surface area contributed by atoms with Crippen molar-refractivity contribution in [3.05, 3.63) is 35.4 Å². The first-order valence-corrected chi connectivity index (χ1v) is 7.24. The van der Waals surface area contributed by atoms with Gasteiger partial charge in [-0.2, -0.15) is 0 Å². The molecule has 1 N–H and O–H groups in total. The molecular weight excluding hydrogens is 220 g/mol. The van der Waals surface area contributed by atoms with E-state index in [1.807, 2.05) is 0 Å². The van der Waals surface area contributed by atoms with E-state index in [0.29, 0.717) is 12.1 Å². The Morgan fingerprint density at radius 3 is 2.61 bits per heavy atom. The molecule has 1 heterocycles. The Morgan fingerprint density at radius 2 is 2.06 bits per heavy atom. The lowest BCUT2D eigenvalue weighted by atomic mass is 10.0. The summed E-state index contributed by atoms with van der Waals surface area (Å²) < 4.78 is 0. The van der Waals surface area contributed by atoms with Crippen LogP contribution in [0.1, 0.15) is 43.9 Å². The van der Waals surface area contributed by atoms with Crippen molar-refractivity contribution in [3.63, 3.8) is 0 Å². The molecule has 0 radical (unpaired) electrons. The van der Waals surface area contributed by atoms with Gasteiger partial charge < -0.3 is 5.32 Å². The van der Waals surface area contributed by atoms with Crippen LogP contribution in [0.2, 0.25) is 0 Å². The van der Waals surface area contributed by atoms with Gasteiger partial charge in [0.2, 0.25) is 0 Å². The van der Waals surface area contributed by atoms with Gasteiger partial charge in [0.15, 0.2) is 0 Å². The van der Waals surface area contributed by atoms with Crippen LogP contribution in [0, 0.1) is 0 Å². The van der Waals surface area contributed by atoms with Gasteiger partial charge in [0.25, 0.3) is 0 Å². The van der Waals surface area contributed by atoms with Crippen LogP contribution in [0.5, 0.6) is 0 Å². The summed E-state index contributed by atoms with van der Waals surface area (Å²) in [4.78, 5) is 2.58. The molecule has 2 heteroatoms. The highest BCUT2D eigenvalue weighted by Gasteiger charge is 2.25. The molecule has 1 saturated heterocycles. The standard InChI is InChI=1S/C16H26N2/c1-4-5-14-6-8-15(9-7-14)13(2)18-11-10-16(12-18)17-3/h6-9,13,16-17H,4-5,10-12H2,1-3H3. The predicted octanol–water partition coefficient (Wildman–Crippen LogP) is 2.99. The molecule has 18 heavy (non-hydrogen) atoms. The highest BCUT2D eigenvalue weighted by atomic mass is 15.2. The van der Waals surface area contributed by atoms with Gasteiger partial charge in [-0.25, -0.2) is 0 Å². The molecule has 1 fully saturated rings. The van der Waals surface area contributed by atoms with Gasteiger partial charge in [-0.3, -0.25) is 4.90 Å². The lowest BCUT2D eigenvalue weighted by Gasteiger charge is -2.25. The molecular formula is C16H26N2. The molecule has 2 nitrogen and oxygen atoms in total. The maximum atomic E-state index is 3.38. The zero-order valence-electron chi connectivity index (χ0n) is 11.9. The average Bonchev–Trinajstić information content (AvgIpc) is 2.88. The van der Waals surface area contributed by atoms with E-state index in [1.165, 1.54) is 43.5 Å². The van der Waals surface area contributed by atoms with Gasteiger partial charge in [0.1, 0.15) is 0 Å². The van der Waals surface area contributed by atoms with E-state index in [9.17, 15) is 0 Å². The van der Waals surface area contributed by atoms with E-state index < -0.39 is 0 Å². The lowest BCUT2D eigenvalue weighted by Crippen LogP contribution is -2.31. The Bertz CT molecular complexity index is 358. The monoisotopic (exact) mass is 246 g/mol. The number of aryl methyl sites for hydroxylation is 1. The minimum atomic E-state index is 0.541. The van der Waals surface area contributed by atoms with Crippen LogP contribution in [-0.2, 0) is 6.42 Å². The van der Waals surface area contributed by atoms with E-state index in [4.69, 9.17) is 0 Å². The van der Waals surface area contributed by atoms with Crippen LogP contribution >= 0.6 is 0 Å². The van der Waals surface area contributed by atoms with Gasteiger partial charge in [-0.15, -0.1) is 0 Å². The fraction of sp³-hybridized carbons (Fsp3) is 0.625. The molecule has 0 spiro atoms. The summed E-state index contributed by atoms with van der Waals surface area (Å²) in [5, 5.41) is 3.38. The van der Waals surface area contributed by atoms with Crippen LogP contribution < -0.4 is 5.32 Å². The molecule has 0 amide bonds. The Morgan fingerprint density at radius 1 is 1.33 bits per heavy atom. The quantitative estimate of drug-likeness (QED) is 0.859. The normalized spacial score (nSPS) is 22.3. The molecule has 2 atom stereocenters. The minimum Gasteiger partial charge on any atom is -0.316 e. The molecule has 1 aromatic rings. The van der Waals surface area contributed by atoms with Crippen molar-refractivity contribution in [3.8, 4) is 0 Å². The first-order chi connectivity index (χ1) is 8.74. The van der Waals surface area contributed by atoms with Gasteiger partial charge in [0.05, 0.1) is 0 Å². The van der Waals surface area contributed by atoms with Gasteiger partial charge in [0, 0.05) is 25.2 Å². The number of benzene rings is 1. The number of hydrogen-bond donors (Lipinski definition) is 1. The smallest absolute Gasteiger partial charge is 0.0320 e. The number of rotatable bonds is 5. The van der Waals surface area contributed by atoms with Crippen LogP contribution in [0.3, 0.4) is 0 Å². The van der Waals surface area contributed by atoms with Crippen LogP contribution in [0.15, 0.2) is 24.3 Å². The molecule has 0 aromatic heterocycles. The van der Waals surface area contributed by atoms with Crippen molar-refractivity contribution in [2.75, 3.05) is 20.1 Å². The number of nitrogens with one attached hydrogen (secondary N) is 1. The summed E-state index contributed by atoms with van der Waals surface area (Å²) >= 11 is 0. The Balaban J connectivity index is 1.98. The first-order valence-electron chi connectivity index (χ1n) is 7.24. The van der Waals surface area contributed by atoms with Crippen LogP contribution in [-0.4, -0.2) is 31.1 Å². The summed E-state index contributed by atoms with van der Waals surface area (Å²) in [6.07, 6.45) is 3.69. The Kier molecular flexibility index (Phi) is 4.79. The zero-order valence-corrected chi connectivity index (χ0v) is 11.9. The third-order valence-electron chi connectivity index (χ3n) is 4.18. The summed E-state index contributed by atoms with van der Waals surface area (Å²) in [5.41, 5.74) is 2.91. The SMILES string of the molecule is CCCc1ccc(C(C)N2CCC(NC)C2)cc1. The number of hydrogen-bond acceptors (Lipinski definition) is 2. The van der Waals surface area contributed by atoms with E-state index in [-0.39, 0.29) is 0 Å². The summed E-state index contributed by atoms with van der Waals surface area (Å²) in [6.45, 7) is 6.95. The van der Waals surface area contributed by atoms with Gasteiger partial charge in [-0.05, 0) is 37.9 Å². The molecule has 2 rings (SSSR count). The second-order valence-corrected chi connectivity index (χ2v) is 5.44. The maximum absolute atomic E-state index is 3.38. The fourth-order valence-electron chi connectivity index (χ4n) is 2.84. The van der Waals surface area contributed by atoms with Crippen molar-refractivity contribution in [2.24, 2.45) is 0 Å². The number of likely N-dealkylation sites (tertiary alicyclic amines) is 1. The maximum Gasteiger partial charge on any atom is 0.0320 e. The van der Waals surface area contributed by atoms with E-state index in [1.54, 1.807) is 0 Å². The third-order valence-corrected chi connectivity index (χ3v) is 4.18. The lowest BCUT2D eigenvalue weighted by molar-refractivity contribution is 0.257. The second kappa shape index (κ2) is 6.35. The van der Waals surface area contributed by atoms with E-state index in [2.05, 4.69) is 55.4 Å². The van der Waals surface area contributed by atoms with Crippen molar-refractivity contribution in [1.29, 1.82) is 0 Å². The van der Waals surface area contributed by atoms with E-state index >= 15 is 0 Å².